The molecule has 0 saturated heterocycles. The number of benzene rings is 1. The number of nitriles is 1. The number of nitrogens with two attached hydrogens (primary N) is 1. The van der Waals surface area contributed by atoms with Crippen LogP contribution in [0.3, 0.4) is 0 Å². The average molecular weight is 254 g/mol. The first-order valence-electron chi connectivity index (χ1n) is 5.14. The largest absolute Gasteiger partial charge is 0.469 e. The summed E-state index contributed by atoms with van der Waals surface area (Å²) in [7, 11) is 1.19. The number of esters is 1. The van der Waals surface area contributed by atoms with Crippen LogP contribution >= 0.6 is 0 Å². The van der Waals surface area contributed by atoms with Gasteiger partial charge in [-0.05, 0) is 11.1 Å². The minimum Gasteiger partial charge on any atom is -0.469 e. The molecule has 0 aliphatic heterocycles. The first-order valence-corrected chi connectivity index (χ1v) is 5.14. The average Bonchev–Trinajstić information content (AvgIpc) is 2.37. The number of methoxy groups -OCH3 is 1. The lowest BCUT2D eigenvalue weighted by atomic mass is 9.94. The van der Waals surface area contributed by atoms with Gasteiger partial charge in [0.05, 0.1) is 25.2 Å². The molecule has 0 spiro atoms. The van der Waals surface area contributed by atoms with Gasteiger partial charge in [-0.25, -0.2) is 8.78 Å². The second-order valence-corrected chi connectivity index (χ2v) is 3.54. The molecule has 0 radical (unpaired) electrons. The van der Waals surface area contributed by atoms with Crippen molar-refractivity contribution < 1.29 is 18.3 Å². The van der Waals surface area contributed by atoms with Crippen molar-refractivity contribution in [1.29, 1.82) is 5.26 Å². The van der Waals surface area contributed by atoms with E-state index in [2.05, 4.69) is 4.74 Å². The minimum atomic E-state index is -2.78. The van der Waals surface area contributed by atoms with Crippen molar-refractivity contribution in [1.82, 2.24) is 0 Å². The van der Waals surface area contributed by atoms with Gasteiger partial charge in [0, 0.05) is 12.1 Å². The molecule has 0 heterocycles. The molecule has 0 unspecified atom stereocenters. The SMILES string of the molecule is COC(=O)Cc1c(CN)ccc(C(F)F)c1C#N. The molecule has 6 heteroatoms. The van der Waals surface area contributed by atoms with E-state index in [9.17, 15) is 13.6 Å². The van der Waals surface area contributed by atoms with Crippen molar-refractivity contribution >= 4 is 5.97 Å². The number of ether oxygens (including phenoxy) is 1. The lowest BCUT2D eigenvalue weighted by Gasteiger charge is -2.12. The van der Waals surface area contributed by atoms with Crippen LogP contribution < -0.4 is 5.73 Å². The van der Waals surface area contributed by atoms with Gasteiger partial charge in [0.25, 0.3) is 6.43 Å². The molecule has 96 valence electrons. The van der Waals surface area contributed by atoms with E-state index >= 15 is 0 Å². The maximum atomic E-state index is 12.8. The third kappa shape index (κ3) is 2.81. The predicted molar refractivity (Wildman–Crippen MR) is 59.7 cm³/mol. The smallest absolute Gasteiger partial charge is 0.310 e. The summed E-state index contributed by atoms with van der Waals surface area (Å²) in [5.74, 6) is -0.604. The number of hydrogen-bond acceptors (Lipinski definition) is 4. The molecule has 18 heavy (non-hydrogen) atoms. The standard InChI is InChI=1S/C12H12F2N2O2/c1-18-11(17)4-9-7(5-15)2-3-8(12(13)14)10(9)6-16/h2-3,12H,4-5,15H2,1H3. The minimum absolute atomic E-state index is 0.0600. The molecule has 0 aliphatic carbocycles. The highest BCUT2D eigenvalue weighted by molar-refractivity contribution is 5.74. The Morgan fingerprint density at radius 1 is 1.56 bits per heavy atom. The van der Waals surface area contributed by atoms with E-state index < -0.39 is 18.0 Å². The Kier molecular flexibility index (Phi) is 4.75. The molecule has 0 aromatic heterocycles. The summed E-state index contributed by atoms with van der Waals surface area (Å²) in [5.41, 5.74) is 5.58. The fourth-order valence-electron chi connectivity index (χ4n) is 1.63. The van der Waals surface area contributed by atoms with Gasteiger partial charge < -0.3 is 10.5 Å². The third-order valence-electron chi connectivity index (χ3n) is 2.56. The van der Waals surface area contributed by atoms with Gasteiger partial charge in [-0.15, -0.1) is 0 Å². The number of rotatable bonds is 4. The summed E-state index contributed by atoms with van der Waals surface area (Å²) in [4.78, 5) is 11.2. The van der Waals surface area contributed by atoms with Gasteiger partial charge in [0.2, 0.25) is 0 Å². The summed E-state index contributed by atoms with van der Waals surface area (Å²) in [6, 6.07) is 4.27. The normalized spacial score (nSPS) is 10.2. The van der Waals surface area contributed by atoms with Crippen LogP contribution in [0.5, 0.6) is 0 Å². The zero-order valence-electron chi connectivity index (χ0n) is 9.74. The summed E-state index contributed by atoms with van der Waals surface area (Å²) >= 11 is 0. The van der Waals surface area contributed by atoms with Crippen LogP contribution in [0.2, 0.25) is 0 Å². The maximum absolute atomic E-state index is 12.8. The van der Waals surface area contributed by atoms with Gasteiger partial charge >= 0.3 is 5.97 Å². The highest BCUT2D eigenvalue weighted by atomic mass is 19.3. The van der Waals surface area contributed by atoms with E-state index in [1.54, 1.807) is 6.07 Å². The van der Waals surface area contributed by atoms with Crippen LogP contribution in [0.25, 0.3) is 0 Å². The molecule has 1 aromatic rings. The van der Waals surface area contributed by atoms with Gasteiger partial charge in [-0.1, -0.05) is 12.1 Å². The topological polar surface area (TPSA) is 76.1 Å². The van der Waals surface area contributed by atoms with Gasteiger partial charge in [-0.2, -0.15) is 5.26 Å². The van der Waals surface area contributed by atoms with Gasteiger partial charge in [0.1, 0.15) is 0 Å². The summed E-state index contributed by atoms with van der Waals surface area (Å²) < 4.78 is 30.0. The van der Waals surface area contributed by atoms with E-state index in [0.717, 1.165) is 6.07 Å². The van der Waals surface area contributed by atoms with E-state index in [1.165, 1.54) is 13.2 Å². The number of carbonyl (C=O) groups excluding carboxylic acids is 1. The number of hydrogen-bond donors (Lipinski definition) is 1. The quantitative estimate of drug-likeness (QED) is 0.829. The van der Waals surface area contributed by atoms with Crippen molar-refractivity contribution in [2.45, 2.75) is 19.4 Å². The van der Waals surface area contributed by atoms with Crippen LogP contribution in [-0.4, -0.2) is 13.1 Å². The molecule has 1 rings (SSSR count). The Hall–Kier alpha value is -2.00. The molecule has 2 N–H and O–H groups in total. The Bertz CT molecular complexity index is 496. The second-order valence-electron chi connectivity index (χ2n) is 3.54. The molecule has 0 amide bonds. The molecule has 0 fully saturated rings. The van der Waals surface area contributed by atoms with Gasteiger partial charge in [-0.3, -0.25) is 4.79 Å². The molecule has 0 atom stereocenters. The Morgan fingerprint density at radius 2 is 2.22 bits per heavy atom. The monoisotopic (exact) mass is 254 g/mol. The van der Waals surface area contributed by atoms with Crippen LogP contribution in [0, 0.1) is 11.3 Å². The molecule has 0 aliphatic rings. The van der Waals surface area contributed by atoms with E-state index in [-0.39, 0.29) is 24.1 Å². The van der Waals surface area contributed by atoms with E-state index in [1.807, 2.05) is 0 Å². The molecule has 0 bridgehead atoms. The highest BCUT2D eigenvalue weighted by Gasteiger charge is 2.20. The Balaban J connectivity index is 3.38. The first-order chi connectivity index (χ1) is 8.54. The Labute approximate surface area is 103 Å². The Morgan fingerprint density at radius 3 is 2.67 bits per heavy atom. The first kappa shape index (κ1) is 14.1. The molecular formula is C12H12F2N2O2. The zero-order chi connectivity index (χ0) is 13.7. The summed E-state index contributed by atoms with van der Waals surface area (Å²) in [6.45, 7) is 0.0600. The van der Waals surface area contributed by atoms with Crippen molar-refractivity contribution in [3.05, 3.63) is 34.4 Å². The molecule has 0 saturated carbocycles. The number of halogens is 2. The number of alkyl halides is 2. The molecular weight excluding hydrogens is 242 g/mol. The highest BCUT2D eigenvalue weighted by Crippen LogP contribution is 2.27. The number of carbonyl (C=O) groups is 1. The van der Waals surface area contributed by atoms with Gasteiger partial charge in [0.15, 0.2) is 0 Å². The van der Waals surface area contributed by atoms with Crippen molar-refractivity contribution in [3.63, 3.8) is 0 Å². The fraction of sp³-hybridized carbons (Fsp3) is 0.333. The maximum Gasteiger partial charge on any atom is 0.310 e. The van der Waals surface area contributed by atoms with Crippen LogP contribution in [0.4, 0.5) is 8.78 Å². The lowest BCUT2D eigenvalue weighted by molar-refractivity contribution is -0.139. The van der Waals surface area contributed by atoms with E-state index in [0.29, 0.717) is 5.56 Å². The van der Waals surface area contributed by atoms with Crippen molar-refractivity contribution in [2.75, 3.05) is 7.11 Å². The predicted octanol–water partition coefficient (Wildman–Crippen LogP) is 1.67. The number of nitrogens with zero attached hydrogens (tertiary/aromatic N) is 1. The molecule has 4 nitrogen and oxygen atoms in total. The van der Waals surface area contributed by atoms with Crippen LogP contribution in [0.1, 0.15) is 28.7 Å². The molecule has 1 aromatic carbocycles. The summed E-state index contributed by atoms with van der Waals surface area (Å²) in [6.07, 6.45) is -3.02. The lowest BCUT2D eigenvalue weighted by Crippen LogP contribution is -2.12. The second kappa shape index (κ2) is 6.07. The van der Waals surface area contributed by atoms with Crippen LogP contribution in [-0.2, 0) is 22.5 Å². The summed E-state index contributed by atoms with van der Waals surface area (Å²) in [5, 5.41) is 8.98. The van der Waals surface area contributed by atoms with Crippen LogP contribution in [0.15, 0.2) is 12.1 Å². The fourth-order valence-corrected chi connectivity index (χ4v) is 1.63. The van der Waals surface area contributed by atoms with Crippen molar-refractivity contribution in [3.8, 4) is 6.07 Å². The third-order valence-corrected chi connectivity index (χ3v) is 2.56. The zero-order valence-corrected chi connectivity index (χ0v) is 9.74. The van der Waals surface area contributed by atoms with Crippen molar-refractivity contribution in [2.24, 2.45) is 5.73 Å². The van der Waals surface area contributed by atoms with E-state index in [4.69, 9.17) is 11.0 Å².